The van der Waals surface area contributed by atoms with E-state index in [9.17, 15) is 14.0 Å². The van der Waals surface area contributed by atoms with Crippen LogP contribution in [0.2, 0.25) is 0 Å². The summed E-state index contributed by atoms with van der Waals surface area (Å²) in [6, 6.07) is 11.9. The first-order valence-electron chi connectivity index (χ1n) is 13.5. The molecule has 2 heterocycles. The van der Waals surface area contributed by atoms with Crippen LogP contribution in [0.15, 0.2) is 52.4 Å². The molecule has 1 amide bonds. The molecule has 1 atom stereocenters. The Morgan fingerprint density at radius 2 is 2.05 bits per heavy atom. The third-order valence-electron chi connectivity index (χ3n) is 8.18. The van der Waals surface area contributed by atoms with Gasteiger partial charge >= 0.3 is 0 Å². The summed E-state index contributed by atoms with van der Waals surface area (Å²) in [4.78, 5) is 33.9. The summed E-state index contributed by atoms with van der Waals surface area (Å²) in [7, 11) is 1.57. The van der Waals surface area contributed by atoms with E-state index in [1.165, 1.54) is 22.7 Å². The number of fused-ring (bicyclic) bond motifs is 3. The fourth-order valence-corrected chi connectivity index (χ4v) is 7.43. The minimum Gasteiger partial charge on any atom is -0.495 e. The number of amides is 1. The number of aromatic nitrogens is 2. The first kappa shape index (κ1) is 28.4. The van der Waals surface area contributed by atoms with Crippen molar-refractivity contribution in [3.8, 4) is 11.4 Å². The average Bonchev–Trinajstić information content (AvgIpc) is 3.32. The molecule has 0 saturated carbocycles. The molecule has 0 bridgehead atoms. The van der Waals surface area contributed by atoms with Crippen LogP contribution in [0, 0.1) is 24.1 Å². The van der Waals surface area contributed by atoms with Crippen molar-refractivity contribution in [2.75, 3.05) is 18.2 Å². The smallest absolute Gasteiger partial charge is 0.267 e. The van der Waals surface area contributed by atoms with Gasteiger partial charge < -0.3 is 10.1 Å². The van der Waals surface area contributed by atoms with E-state index in [0.717, 1.165) is 31.2 Å². The fraction of sp³-hybridized carbons (Fsp3) is 0.387. The van der Waals surface area contributed by atoms with Crippen molar-refractivity contribution in [2.24, 2.45) is 11.3 Å². The number of rotatable bonds is 8. The van der Waals surface area contributed by atoms with Gasteiger partial charge in [-0.3, -0.25) is 14.2 Å². The van der Waals surface area contributed by atoms with E-state index in [4.69, 9.17) is 9.72 Å². The van der Waals surface area contributed by atoms with E-state index < -0.39 is 0 Å². The number of hydrogen-bond acceptors (Lipinski definition) is 6. The number of thiophene rings is 1. The second-order valence-electron chi connectivity index (χ2n) is 11.0. The summed E-state index contributed by atoms with van der Waals surface area (Å²) in [5, 5.41) is 3.82. The number of nitrogens with zero attached hydrogens (tertiary/aromatic N) is 2. The number of anilines is 1. The van der Waals surface area contributed by atoms with Crippen molar-refractivity contribution < 1.29 is 13.9 Å². The van der Waals surface area contributed by atoms with Crippen molar-refractivity contribution in [3.05, 3.63) is 74.6 Å². The summed E-state index contributed by atoms with van der Waals surface area (Å²) < 4.78 is 21.1. The quantitative estimate of drug-likeness (QED) is 0.177. The van der Waals surface area contributed by atoms with Gasteiger partial charge in [0.1, 0.15) is 16.4 Å². The predicted molar refractivity (Wildman–Crippen MR) is 162 cm³/mol. The van der Waals surface area contributed by atoms with Gasteiger partial charge in [-0.25, -0.2) is 9.37 Å². The van der Waals surface area contributed by atoms with E-state index in [2.05, 4.69) is 26.1 Å². The van der Waals surface area contributed by atoms with E-state index in [1.807, 2.05) is 18.2 Å². The SMILES string of the molecule is CCC(C)(C)[C@@H]1CCc2c(sc3nc(SCC(=O)Nc4ccc(C)c(F)c4)n(-c4ccccc4OC)c(=O)c23)C1. The lowest BCUT2D eigenvalue weighted by atomic mass is 9.70. The summed E-state index contributed by atoms with van der Waals surface area (Å²) in [6.45, 7) is 8.56. The predicted octanol–water partition coefficient (Wildman–Crippen LogP) is 7.18. The molecule has 1 aliphatic carbocycles. The van der Waals surface area contributed by atoms with Crippen molar-refractivity contribution in [3.63, 3.8) is 0 Å². The van der Waals surface area contributed by atoms with E-state index in [1.54, 1.807) is 48.1 Å². The number of carbonyl (C=O) groups excluding carboxylic acids is 1. The van der Waals surface area contributed by atoms with Crippen molar-refractivity contribution >= 4 is 44.9 Å². The highest BCUT2D eigenvalue weighted by Gasteiger charge is 2.34. The van der Waals surface area contributed by atoms with Crippen molar-refractivity contribution in [1.29, 1.82) is 0 Å². The van der Waals surface area contributed by atoms with E-state index in [-0.39, 0.29) is 28.5 Å². The Morgan fingerprint density at radius 1 is 1.27 bits per heavy atom. The second-order valence-corrected chi connectivity index (χ2v) is 13.0. The first-order chi connectivity index (χ1) is 19.1. The van der Waals surface area contributed by atoms with E-state index >= 15 is 0 Å². The van der Waals surface area contributed by atoms with Gasteiger partial charge in [0.05, 0.1) is 23.9 Å². The zero-order valence-electron chi connectivity index (χ0n) is 23.5. The molecule has 4 aromatic rings. The summed E-state index contributed by atoms with van der Waals surface area (Å²) >= 11 is 2.78. The zero-order valence-corrected chi connectivity index (χ0v) is 25.1. The highest BCUT2D eigenvalue weighted by atomic mass is 32.2. The van der Waals surface area contributed by atoms with Crippen LogP contribution in [0.3, 0.4) is 0 Å². The minimum atomic E-state index is -0.381. The van der Waals surface area contributed by atoms with Crippen LogP contribution >= 0.6 is 23.1 Å². The van der Waals surface area contributed by atoms with Crippen LogP contribution in [0.5, 0.6) is 5.75 Å². The monoisotopic (exact) mass is 579 g/mol. The summed E-state index contributed by atoms with van der Waals surface area (Å²) in [6.07, 6.45) is 3.95. The van der Waals surface area contributed by atoms with Crippen LogP contribution in [0.25, 0.3) is 15.9 Å². The van der Waals surface area contributed by atoms with Crippen LogP contribution in [0.1, 0.15) is 49.6 Å². The third kappa shape index (κ3) is 5.41. The number of methoxy groups -OCH3 is 1. The number of benzene rings is 2. The molecule has 0 unspecified atom stereocenters. The Balaban J connectivity index is 1.54. The molecule has 210 valence electrons. The lowest BCUT2D eigenvalue weighted by Gasteiger charge is -2.36. The number of ether oxygens (including phenoxy) is 1. The van der Waals surface area contributed by atoms with Gasteiger partial charge in [-0.05, 0) is 72.9 Å². The number of hydrogen-bond donors (Lipinski definition) is 1. The molecule has 2 aromatic carbocycles. The summed E-state index contributed by atoms with van der Waals surface area (Å²) in [5.41, 5.74) is 2.66. The lowest BCUT2D eigenvalue weighted by Crippen LogP contribution is -2.29. The fourth-order valence-electron chi connectivity index (χ4n) is 5.28. The Bertz CT molecular complexity index is 1640. The Hall–Kier alpha value is -3.17. The van der Waals surface area contributed by atoms with Crippen LogP contribution in [-0.4, -0.2) is 28.3 Å². The molecule has 0 radical (unpaired) electrons. The Labute approximate surface area is 242 Å². The summed E-state index contributed by atoms with van der Waals surface area (Å²) in [5.74, 6) is 0.401. The number of nitrogens with one attached hydrogen (secondary N) is 1. The zero-order chi connectivity index (χ0) is 28.6. The minimum absolute atomic E-state index is 0.000441. The molecule has 0 saturated heterocycles. The molecule has 0 aliphatic heterocycles. The van der Waals surface area contributed by atoms with Crippen molar-refractivity contribution in [1.82, 2.24) is 9.55 Å². The van der Waals surface area contributed by atoms with Gasteiger partial charge in [0.15, 0.2) is 5.16 Å². The Morgan fingerprint density at radius 3 is 2.77 bits per heavy atom. The average molecular weight is 580 g/mol. The molecular weight excluding hydrogens is 545 g/mol. The standard InChI is InChI=1S/C31H34FN3O3S2/c1-6-31(3,4)19-12-14-21-25(15-19)40-28-27(21)29(37)35(23-9-7-8-10-24(23)38-5)30(34-28)39-17-26(36)33-20-13-11-18(2)22(32)16-20/h7-11,13,16,19H,6,12,14-15,17H2,1-5H3,(H,33,36)/t19-/m1/s1. The number of halogens is 1. The molecule has 0 spiro atoms. The lowest BCUT2D eigenvalue weighted by molar-refractivity contribution is -0.113. The van der Waals surface area contributed by atoms with Gasteiger partial charge in [0, 0.05) is 10.6 Å². The van der Waals surface area contributed by atoms with Crippen molar-refractivity contribution in [2.45, 2.75) is 58.5 Å². The molecule has 2 aromatic heterocycles. The molecule has 6 nitrogen and oxygen atoms in total. The number of aryl methyl sites for hydroxylation is 2. The molecule has 1 N–H and O–H groups in total. The largest absolute Gasteiger partial charge is 0.495 e. The van der Waals surface area contributed by atoms with Gasteiger partial charge in [0.25, 0.3) is 5.56 Å². The molecule has 9 heteroatoms. The maximum absolute atomic E-state index is 14.2. The Kier molecular flexibility index (Phi) is 8.06. The highest BCUT2D eigenvalue weighted by molar-refractivity contribution is 7.99. The number of thioether (sulfide) groups is 1. The third-order valence-corrected chi connectivity index (χ3v) is 10.3. The number of carbonyl (C=O) groups is 1. The molecule has 0 fully saturated rings. The van der Waals surface area contributed by atoms with Gasteiger partial charge in [-0.1, -0.05) is 57.2 Å². The van der Waals surface area contributed by atoms with Gasteiger partial charge in [0.2, 0.25) is 5.91 Å². The number of para-hydroxylation sites is 2. The molecule has 5 rings (SSSR count). The first-order valence-corrected chi connectivity index (χ1v) is 15.3. The van der Waals surface area contributed by atoms with Crippen LogP contribution in [0.4, 0.5) is 10.1 Å². The molecule has 1 aliphatic rings. The van der Waals surface area contributed by atoms with Gasteiger partial charge in [-0.15, -0.1) is 11.3 Å². The molecule has 40 heavy (non-hydrogen) atoms. The van der Waals surface area contributed by atoms with Crippen LogP contribution < -0.4 is 15.6 Å². The second kappa shape index (κ2) is 11.4. The van der Waals surface area contributed by atoms with E-state index in [0.29, 0.717) is 44.0 Å². The van der Waals surface area contributed by atoms with Gasteiger partial charge in [-0.2, -0.15) is 0 Å². The normalized spacial score (nSPS) is 15.2. The molecular formula is C31H34FN3O3S2. The highest BCUT2D eigenvalue weighted by Crippen LogP contribution is 2.44. The maximum atomic E-state index is 14.2. The topological polar surface area (TPSA) is 73.2 Å². The maximum Gasteiger partial charge on any atom is 0.267 e. The van der Waals surface area contributed by atoms with Crippen LogP contribution in [-0.2, 0) is 17.6 Å².